The third-order valence-corrected chi connectivity index (χ3v) is 20.7. The number of hydrogen-bond acceptors (Lipinski definition) is 0. The van der Waals surface area contributed by atoms with E-state index in [0.717, 1.165) is 43.3 Å². The fraction of sp³-hybridized carbons (Fsp3) is 0.364. The predicted octanol–water partition coefficient (Wildman–Crippen LogP) is 13.3. The van der Waals surface area contributed by atoms with E-state index in [4.69, 9.17) is 46.4 Å². The fourth-order valence-electron chi connectivity index (χ4n) is 9.44. The maximum absolute atomic E-state index is 7.03. The van der Waals surface area contributed by atoms with Gasteiger partial charge in [0.2, 0.25) is 0 Å². The third kappa shape index (κ3) is 6.88. The standard InChI is InChI=1S/C44H52Cl4Si3/c1-11-29-25-33-31(27-21-37(45)41(38(46)22-27)50(5,6)7)17-13-15-19-35(33)43(29,3)49-44(4)30(12-2)26-34-32(18-14-16-20-36(34)44)28-23-39(47)42(40(48)24-28)51(8,9)10/h13-26,31-32H,11-12,49H2,1-10H3. The van der Waals surface area contributed by atoms with Gasteiger partial charge in [-0.3, -0.25) is 0 Å². The minimum absolute atomic E-state index is 0.0309. The molecule has 0 N–H and O–H groups in total. The van der Waals surface area contributed by atoms with Crippen LogP contribution in [0.3, 0.4) is 0 Å². The van der Waals surface area contributed by atoms with Crippen LogP contribution in [0, 0.1) is 0 Å². The molecule has 0 spiro atoms. The van der Waals surface area contributed by atoms with Crippen LogP contribution in [0.5, 0.6) is 0 Å². The van der Waals surface area contributed by atoms with Gasteiger partial charge in [0.25, 0.3) is 0 Å². The van der Waals surface area contributed by atoms with E-state index in [-0.39, 0.29) is 21.9 Å². The molecule has 0 saturated heterocycles. The lowest BCUT2D eigenvalue weighted by Gasteiger charge is -2.41. The molecule has 0 aliphatic heterocycles. The van der Waals surface area contributed by atoms with Crippen molar-refractivity contribution in [2.75, 3.05) is 0 Å². The molecule has 0 fully saturated rings. The van der Waals surface area contributed by atoms with Crippen LogP contribution in [-0.4, -0.2) is 25.7 Å². The maximum Gasteiger partial charge on any atom is 0.0815 e. The largest absolute Gasteiger partial charge is 0.0844 e. The van der Waals surface area contributed by atoms with Crippen LogP contribution in [0.25, 0.3) is 0 Å². The molecular formula is C44H52Cl4Si3. The third-order valence-electron chi connectivity index (χ3n) is 11.7. The van der Waals surface area contributed by atoms with Gasteiger partial charge in [0.1, 0.15) is 0 Å². The average Bonchev–Trinajstić information content (AvgIpc) is 3.22. The second kappa shape index (κ2) is 14.1. The Labute approximate surface area is 331 Å². The average molecular weight is 807 g/mol. The Morgan fingerprint density at radius 1 is 0.569 bits per heavy atom. The van der Waals surface area contributed by atoms with Crippen LogP contribution in [0.4, 0.5) is 0 Å². The summed E-state index contributed by atoms with van der Waals surface area (Å²) < 4.78 is 0. The molecule has 4 atom stereocenters. The highest BCUT2D eigenvalue weighted by atomic mass is 35.5. The first-order valence-corrected chi connectivity index (χ1v) is 28.4. The number of benzene rings is 2. The zero-order valence-corrected chi connectivity index (χ0v) is 38.3. The van der Waals surface area contributed by atoms with Crippen LogP contribution >= 0.6 is 46.4 Å². The molecule has 0 saturated carbocycles. The first-order chi connectivity index (χ1) is 23.8. The molecule has 2 aromatic rings. The molecule has 0 nitrogen and oxygen atoms in total. The van der Waals surface area contributed by atoms with E-state index in [1.54, 1.807) is 11.1 Å². The summed E-state index contributed by atoms with van der Waals surface area (Å²) in [4.78, 5) is 0. The Morgan fingerprint density at radius 2 is 0.902 bits per heavy atom. The topological polar surface area (TPSA) is 0 Å². The summed E-state index contributed by atoms with van der Waals surface area (Å²) >= 11 is 28.1. The summed E-state index contributed by atoms with van der Waals surface area (Å²) in [5.41, 5.74) is 11.1. The monoisotopic (exact) mass is 804 g/mol. The highest BCUT2D eigenvalue weighted by molar-refractivity contribution is 6.92. The molecule has 4 aliphatic rings. The van der Waals surface area contributed by atoms with E-state index in [9.17, 15) is 0 Å². The van der Waals surface area contributed by atoms with Crippen LogP contribution in [0.2, 0.25) is 69.4 Å². The zero-order valence-electron chi connectivity index (χ0n) is 31.9. The van der Waals surface area contributed by atoms with Crippen LogP contribution in [0.15, 0.2) is 118 Å². The van der Waals surface area contributed by atoms with E-state index < -0.39 is 25.7 Å². The van der Waals surface area contributed by atoms with Gasteiger partial charge in [0.15, 0.2) is 0 Å². The summed E-state index contributed by atoms with van der Waals surface area (Å²) in [6.07, 6.45) is 25.5. The van der Waals surface area contributed by atoms with Gasteiger partial charge >= 0.3 is 0 Å². The highest BCUT2D eigenvalue weighted by Crippen LogP contribution is 2.63. The van der Waals surface area contributed by atoms with Gasteiger partial charge in [-0.05, 0) is 80.9 Å². The van der Waals surface area contributed by atoms with Crippen LogP contribution in [0.1, 0.15) is 63.5 Å². The molecule has 4 aliphatic carbocycles. The maximum atomic E-state index is 7.03. The van der Waals surface area contributed by atoms with Gasteiger partial charge in [-0.1, -0.05) is 185 Å². The Bertz CT molecular complexity index is 1850. The van der Waals surface area contributed by atoms with Crippen molar-refractivity contribution >= 4 is 82.4 Å². The molecule has 2 aromatic carbocycles. The van der Waals surface area contributed by atoms with Gasteiger partial charge in [0, 0.05) is 42.0 Å². The van der Waals surface area contributed by atoms with Gasteiger partial charge in [-0.25, -0.2) is 0 Å². The first kappa shape index (κ1) is 38.9. The zero-order chi connectivity index (χ0) is 37.3. The summed E-state index contributed by atoms with van der Waals surface area (Å²) in [7, 11) is -4.33. The minimum atomic E-state index is -1.72. The quantitative estimate of drug-likeness (QED) is 0.233. The van der Waals surface area contributed by atoms with E-state index >= 15 is 0 Å². The predicted molar refractivity (Wildman–Crippen MR) is 237 cm³/mol. The second-order valence-electron chi connectivity index (χ2n) is 17.3. The molecule has 0 amide bonds. The highest BCUT2D eigenvalue weighted by Gasteiger charge is 2.49. The van der Waals surface area contributed by atoms with Gasteiger partial charge in [0.05, 0.1) is 25.7 Å². The molecular weight excluding hydrogens is 755 g/mol. The molecule has 0 aromatic heterocycles. The summed E-state index contributed by atoms with van der Waals surface area (Å²) in [5.74, 6) is 0.177. The Hall–Kier alpha value is -1.83. The van der Waals surface area contributed by atoms with E-state index in [0.29, 0.717) is 0 Å². The van der Waals surface area contributed by atoms with Crippen molar-refractivity contribution in [1.29, 1.82) is 0 Å². The SMILES string of the molecule is CCC1=CC2=C(C=CC=CC2c2cc(Cl)c([Si](C)(C)C)c(Cl)c2)C1(C)[SiH2]C1(C)C(CC)=CC2=C1C=CC=CC2c1cc(Cl)c([Si](C)(C)C)c(Cl)c1. The lowest BCUT2D eigenvalue weighted by Crippen LogP contribution is -2.39. The molecule has 4 unspecified atom stereocenters. The van der Waals surface area contributed by atoms with E-state index in [2.05, 4.69) is 152 Å². The molecule has 51 heavy (non-hydrogen) atoms. The number of hydrogen-bond donors (Lipinski definition) is 0. The first-order valence-electron chi connectivity index (χ1n) is 18.4. The molecule has 268 valence electrons. The molecule has 7 heteroatoms. The lowest BCUT2D eigenvalue weighted by molar-refractivity contribution is 0.732. The van der Waals surface area contributed by atoms with Crippen LogP contribution < -0.4 is 10.4 Å². The number of rotatable bonds is 8. The fourth-order valence-corrected chi connectivity index (χ4v) is 20.6. The van der Waals surface area contributed by atoms with Gasteiger partial charge in [-0.15, -0.1) is 0 Å². The lowest BCUT2D eigenvalue weighted by atomic mass is 9.87. The molecule has 6 rings (SSSR count). The summed E-state index contributed by atoms with van der Waals surface area (Å²) in [5, 5.41) is 5.43. The van der Waals surface area contributed by atoms with E-state index in [1.807, 2.05) is 0 Å². The molecule has 0 radical (unpaired) electrons. The van der Waals surface area contributed by atoms with Gasteiger partial charge in [-0.2, -0.15) is 0 Å². The van der Waals surface area contributed by atoms with Crippen molar-refractivity contribution in [1.82, 2.24) is 0 Å². The van der Waals surface area contributed by atoms with E-state index in [1.165, 1.54) is 33.4 Å². The van der Waals surface area contributed by atoms with Crippen molar-refractivity contribution in [3.63, 3.8) is 0 Å². The summed E-state index contributed by atoms with van der Waals surface area (Å²) in [6.45, 7) is 23.6. The van der Waals surface area contributed by atoms with Crippen molar-refractivity contribution in [2.45, 2.75) is 102 Å². The summed E-state index contributed by atoms with van der Waals surface area (Å²) in [6, 6.07) is 8.74. The van der Waals surface area contributed by atoms with Crippen molar-refractivity contribution < 1.29 is 0 Å². The Kier molecular flexibility index (Phi) is 10.8. The van der Waals surface area contributed by atoms with Crippen molar-refractivity contribution in [3.8, 4) is 0 Å². The smallest absolute Gasteiger partial charge is 0.0815 e. The van der Waals surface area contributed by atoms with Crippen molar-refractivity contribution in [2.24, 2.45) is 0 Å². The minimum Gasteiger partial charge on any atom is -0.0844 e. The molecule has 0 bridgehead atoms. The molecule has 0 heterocycles. The second-order valence-corrected chi connectivity index (χ2v) is 32.1. The Balaban J connectivity index is 1.45. The Morgan fingerprint density at radius 3 is 1.20 bits per heavy atom. The number of allylic oxidation sites excluding steroid dienone is 16. The van der Waals surface area contributed by atoms with Crippen LogP contribution in [-0.2, 0) is 0 Å². The number of halogens is 4. The van der Waals surface area contributed by atoms with Crippen molar-refractivity contribution in [3.05, 3.63) is 150 Å². The van der Waals surface area contributed by atoms with Gasteiger partial charge < -0.3 is 0 Å². The normalized spacial score (nSPS) is 26.2.